The molecule has 0 aliphatic rings. The van der Waals surface area contributed by atoms with Crippen molar-refractivity contribution in [2.24, 2.45) is 5.73 Å². The van der Waals surface area contributed by atoms with Gasteiger partial charge in [0, 0.05) is 0 Å². The van der Waals surface area contributed by atoms with Crippen molar-refractivity contribution in [3.63, 3.8) is 0 Å². The van der Waals surface area contributed by atoms with Gasteiger partial charge in [0.2, 0.25) is 0 Å². The van der Waals surface area contributed by atoms with Crippen molar-refractivity contribution < 1.29 is 4.79 Å². The fraction of sp³-hybridized carbons (Fsp3) is 0. The van der Waals surface area contributed by atoms with E-state index in [1.165, 1.54) is 0 Å². The molecule has 4 heteroatoms. The van der Waals surface area contributed by atoms with Gasteiger partial charge in [-0.25, -0.2) is 0 Å². The molecule has 0 unspecified atom stereocenters. The molecule has 0 saturated heterocycles. The van der Waals surface area contributed by atoms with E-state index in [1.807, 2.05) is 42.5 Å². The zero-order valence-corrected chi connectivity index (χ0v) is 12.3. The Morgan fingerprint density at radius 3 is 2.35 bits per heavy atom. The van der Waals surface area contributed by atoms with Crippen molar-refractivity contribution in [1.29, 1.82) is 0 Å². The molecule has 2 radical (unpaired) electrons. The summed E-state index contributed by atoms with van der Waals surface area (Å²) >= 11 is 5.80. The number of benzene rings is 2. The van der Waals surface area contributed by atoms with E-state index in [1.54, 1.807) is 0 Å². The Morgan fingerprint density at radius 2 is 1.76 bits per heavy atom. The third-order valence-electron chi connectivity index (χ3n) is 2.44. The number of carbonyl (C=O) groups is 1. The number of primary amides is 1. The average Bonchev–Trinajstić information content (AvgIpc) is 2.33. The van der Waals surface area contributed by atoms with E-state index in [0.29, 0.717) is 5.56 Å². The van der Waals surface area contributed by atoms with E-state index in [0.717, 1.165) is 20.0 Å². The van der Waals surface area contributed by atoms with Crippen LogP contribution in [-0.2, 0) is 0 Å². The second-order valence-corrected chi connectivity index (χ2v) is 5.38. The van der Waals surface area contributed by atoms with Gasteiger partial charge in [-0.3, -0.25) is 0 Å². The van der Waals surface area contributed by atoms with E-state index in [-0.39, 0.29) is 0 Å². The Kier molecular flexibility index (Phi) is 3.70. The summed E-state index contributed by atoms with van der Waals surface area (Å²) in [6.07, 6.45) is 0. The van der Waals surface area contributed by atoms with E-state index in [2.05, 4.69) is 32.8 Å². The van der Waals surface area contributed by atoms with Crippen LogP contribution < -0.4 is 10.1 Å². The Labute approximate surface area is 117 Å². The molecule has 0 atom stereocenters. The summed E-state index contributed by atoms with van der Waals surface area (Å²) in [5.74, 6) is -0.417. The number of nitrogens with two attached hydrogens (primary N) is 1. The number of amides is 1. The van der Waals surface area contributed by atoms with Crippen LogP contribution in [0.5, 0.6) is 0 Å². The Hall–Kier alpha value is -1.05. The molecular formula is C13H9AsBrNO. The first-order valence-corrected chi connectivity index (χ1v) is 6.70. The average molecular weight is 350 g/mol. The van der Waals surface area contributed by atoms with Crippen molar-refractivity contribution in [2.45, 2.75) is 0 Å². The molecule has 0 heterocycles. The summed E-state index contributed by atoms with van der Waals surface area (Å²) < 4.78 is 1.68. The first-order valence-electron chi connectivity index (χ1n) is 4.97. The van der Waals surface area contributed by atoms with Gasteiger partial charge in [-0.15, -0.1) is 0 Å². The van der Waals surface area contributed by atoms with Crippen LogP contribution in [0.15, 0.2) is 46.9 Å². The fourth-order valence-corrected chi connectivity index (χ4v) is 2.55. The second-order valence-electron chi connectivity index (χ2n) is 3.58. The van der Waals surface area contributed by atoms with E-state index < -0.39 is 5.91 Å². The molecule has 2 N–H and O–H groups in total. The molecule has 0 aliphatic heterocycles. The zero-order valence-electron chi connectivity index (χ0n) is 8.85. The van der Waals surface area contributed by atoms with Crippen LogP contribution in [0.3, 0.4) is 0 Å². The number of carbonyl (C=O) groups excluding carboxylic acids is 1. The van der Waals surface area contributed by atoms with Gasteiger partial charge in [-0.05, 0) is 0 Å². The fourth-order valence-electron chi connectivity index (χ4n) is 1.58. The molecular weight excluding hydrogens is 341 g/mol. The van der Waals surface area contributed by atoms with Gasteiger partial charge in [-0.1, -0.05) is 0 Å². The number of halogens is 1. The number of hydrogen-bond acceptors (Lipinski definition) is 1. The van der Waals surface area contributed by atoms with Crippen LogP contribution in [0, 0.1) is 0 Å². The minimum atomic E-state index is -0.417. The molecule has 2 rings (SSSR count). The first-order chi connectivity index (χ1) is 8.09. The number of rotatable bonds is 2. The molecule has 0 aromatic heterocycles. The topological polar surface area (TPSA) is 43.1 Å². The monoisotopic (exact) mass is 349 g/mol. The maximum atomic E-state index is 11.3. The third-order valence-corrected chi connectivity index (χ3v) is 4.74. The van der Waals surface area contributed by atoms with Crippen LogP contribution >= 0.6 is 15.9 Å². The van der Waals surface area contributed by atoms with Gasteiger partial charge in [0.1, 0.15) is 0 Å². The molecule has 2 nitrogen and oxygen atoms in total. The Morgan fingerprint density at radius 1 is 1.12 bits per heavy atom. The Bertz CT molecular complexity index is 569. The second kappa shape index (κ2) is 5.07. The molecule has 84 valence electrons. The third kappa shape index (κ3) is 2.62. The van der Waals surface area contributed by atoms with Gasteiger partial charge in [0.05, 0.1) is 0 Å². The van der Waals surface area contributed by atoms with Gasteiger partial charge < -0.3 is 0 Å². The van der Waals surface area contributed by atoms with Crippen LogP contribution in [0.4, 0.5) is 0 Å². The van der Waals surface area contributed by atoms with Crippen LogP contribution in [0.25, 0.3) is 11.1 Å². The summed E-state index contributed by atoms with van der Waals surface area (Å²) in [4.78, 5) is 11.3. The van der Waals surface area contributed by atoms with Crippen molar-refractivity contribution >= 4 is 43.0 Å². The first kappa shape index (κ1) is 12.4. The summed E-state index contributed by atoms with van der Waals surface area (Å²) in [5, 5.41) is 0. The molecule has 0 fully saturated rings. The molecule has 0 bridgehead atoms. The van der Waals surface area contributed by atoms with Crippen molar-refractivity contribution in [1.82, 2.24) is 0 Å². The normalized spacial score (nSPS) is 10.2. The van der Waals surface area contributed by atoms with Crippen molar-refractivity contribution in [3.8, 4) is 11.1 Å². The molecule has 0 spiro atoms. The maximum absolute atomic E-state index is 11.3. The summed E-state index contributed by atoms with van der Waals surface area (Å²) in [7, 11) is 0. The van der Waals surface area contributed by atoms with Gasteiger partial charge in [-0.2, -0.15) is 0 Å². The molecule has 17 heavy (non-hydrogen) atoms. The van der Waals surface area contributed by atoms with Gasteiger partial charge >= 0.3 is 117 Å². The van der Waals surface area contributed by atoms with Crippen LogP contribution in [0.2, 0.25) is 0 Å². The van der Waals surface area contributed by atoms with Crippen molar-refractivity contribution in [3.05, 3.63) is 52.5 Å². The summed E-state index contributed by atoms with van der Waals surface area (Å²) in [6.45, 7) is 0. The molecule has 2 aromatic rings. The summed E-state index contributed by atoms with van der Waals surface area (Å²) in [5.41, 5.74) is 7.92. The predicted molar refractivity (Wildman–Crippen MR) is 73.5 cm³/mol. The van der Waals surface area contributed by atoms with Crippen LogP contribution in [-0.4, -0.2) is 22.8 Å². The standard InChI is InChI=1S/C13H9AsBrNO/c14-12-10(13(16)17)6-9(7-11(12)15)8-4-2-1-3-5-8/h1-7H,(H2,16,17). The van der Waals surface area contributed by atoms with Gasteiger partial charge in [0.15, 0.2) is 0 Å². The molecule has 0 aliphatic carbocycles. The molecule has 0 saturated carbocycles. The van der Waals surface area contributed by atoms with Crippen molar-refractivity contribution in [2.75, 3.05) is 0 Å². The zero-order chi connectivity index (χ0) is 12.4. The molecule has 2 aromatic carbocycles. The number of hydrogen-bond donors (Lipinski definition) is 1. The predicted octanol–water partition coefficient (Wildman–Crippen LogP) is 2.01. The van der Waals surface area contributed by atoms with Crippen LogP contribution in [0.1, 0.15) is 10.4 Å². The minimum absolute atomic E-state index is 0.417. The van der Waals surface area contributed by atoms with E-state index in [9.17, 15) is 4.79 Å². The van der Waals surface area contributed by atoms with E-state index >= 15 is 0 Å². The quantitative estimate of drug-likeness (QED) is 0.828. The van der Waals surface area contributed by atoms with Gasteiger partial charge in [0.25, 0.3) is 0 Å². The Balaban J connectivity index is 2.61. The SMILES string of the molecule is NC(=O)c1cc(-c2ccccc2)cc(Br)c1[As]. The molecule has 1 amide bonds. The van der Waals surface area contributed by atoms with E-state index in [4.69, 9.17) is 5.73 Å². The summed E-state index contributed by atoms with van der Waals surface area (Å²) in [6, 6.07) is 13.7.